The number of hydrogen-bond donors (Lipinski definition) is 1. The molecule has 0 saturated carbocycles. The largest absolute Gasteiger partial charge is 0.416 e. The molecule has 12 heteroatoms. The molecular weight excluding hydrogens is 379 g/mol. The fourth-order valence-corrected chi connectivity index (χ4v) is 2.78. The van der Waals surface area contributed by atoms with Gasteiger partial charge in [-0.3, -0.25) is 13.9 Å². The molecule has 144 valence electrons. The summed E-state index contributed by atoms with van der Waals surface area (Å²) >= 11 is 0. The molecule has 0 atom stereocenters. The minimum Gasteiger partial charge on any atom is -0.316 e. The number of halogens is 3. The average molecular weight is 391 g/mol. The normalized spacial score (nSPS) is 12.0. The zero-order valence-electron chi connectivity index (χ0n) is 14.5. The first-order valence-electron chi connectivity index (χ1n) is 7.93. The molecule has 0 amide bonds. The second-order valence-corrected chi connectivity index (χ2v) is 6.09. The number of imidazole rings is 1. The van der Waals surface area contributed by atoms with E-state index in [4.69, 9.17) is 0 Å². The number of fused-ring (bicyclic) bond motifs is 1. The highest BCUT2D eigenvalue weighted by Crippen LogP contribution is 2.31. The monoisotopic (exact) mass is 391 g/mol. The Hall–Kier alpha value is -3.70. The second-order valence-electron chi connectivity index (χ2n) is 6.09. The van der Waals surface area contributed by atoms with Crippen LogP contribution in [0.1, 0.15) is 5.56 Å². The van der Waals surface area contributed by atoms with Gasteiger partial charge in [-0.15, -0.1) is 5.10 Å². The van der Waals surface area contributed by atoms with Crippen LogP contribution in [0, 0.1) is 0 Å². The second kappa shape index (κ2) is 5.90. The van der Waals surface area contributed by atoms with Crippen molar-refractivity contribution in [3.05, 3.63) is 56.9 Å². The maximum absolute atomic E-state index is 12.9. The zero-order chi connectivity index (χ0) is 20.2. The summed E-state index contributed by atoms with van der Waals surface area (Å²) in [5.41, 5.74) is -1.28. The number of nitrogens with zero attached hydrogens (tertiary/aromatic N) is 6. The van der Waals surface area contributed by atoms with Crippen molar-refractivity contribution in [2.75, 3.05) is 0 Å². The fraction of sp³-hybridized carbons (Fsp3) is 0.188. The van der Waals surface area contributed by atoms with E-state index < -0.39 is 23.0 Å². The number of benzene rings is 1. The summed E-state index contributed by atoms with van der Waals surface area (Å²) in [6.07, 6.45) is -3.11. The lowest BCUT2D eigenvalue weighted by atomic mass is 10.1. The smallest absolute Gasteiger partial charge is 0.316 e. The van der Waals surface area contributed by atoms with E-state index >= 15 is 0 Å². The van der Waals surface area contributed by atoms with Gasteiger partial charge in [-0.2, -0.15) is 22.8 Å². The van der Waals surface area contributed by atoms with Crippen LogP contribution in [0.25, 0.3) is 28.4 Å². The van der Waals surface area contributed by atoms with Crippen molar-refractivity contribution in [2.24, 2.45) is 14.1 Å². The van der Waals surface area contributed by atoms with Crippen LogP contribution in [-0.4, -0.2) is 34.1 Å². The van der Waals surface area contributed by atoms with E-state index in [1.807, 2.05) is 0 Å². The number of H-pyrrole nitrogens is 1. The number of alkyl halides is 3. The van der Waals surface area contributed by atoms with E-state index in [9.17, 15) is 22.8 Å². The van der Waals surface area contributed by atoms with E-state index in [2.05, 4.69) is 20.3 Å². The van der Waals surface area contributed by atoms with Crippen LogP contribution >= 0.6 is 0 Å². The lowest BCUT2D eigenvalue weighted by Crippen LogP contribution is -2.36. The molecule has 0 aliphatic rings. The number of nitrogens with one attached hydrogen (secondary N) is 1. The van der Waals surface area contributed by atoms with Crippen molar-refractivity contribution in [1.29, 1.82) is 0 Å². The summed E-state index contributed by atoms with van der Waals surface area (Å²) < 4.78 is 42.0. The van der Waals surface area contributed by atoms with Crippen molar-refractivity contribution < 1.29 is 13.2 Å². The fourth-order valence-electron chi connectivity index (χ4n) is 2.78. The Balaban J connectivity index is 1.81. The molecule has 0 aliphatic carbocycles. The summed E-state index contributed by atoms with van der Waals surface area (Å²) in [7, 11) is 2.80. The van der Waals surface area contributed by atoms with E-state index in [-0.39, 0.29) is 28.4 Å². The Morgan fingerprint density at radius 3 is 2.57 bits per heavy atom. The lowest BCUT2D eigenvalue weighted by molar-refractivity contribution is -0.137. The first-order chi connectivity index (χ1) is 13.2. The molecule has 0 fully saturated rings. The maximum Gasteiger partial charge on any atom is 0.416 e. The van der Waals surface area contributed by atoms with Crippen LogP contribution in [0.3, 0.4) is 0 Å². The summed E-state index contributed by atoms with van der Waals surface area (Å²) in [4.78, 5) is 31.2. The molecule has 1 aromatic carbocycles. The molecule has 0 spiro atoms. The number of aryl methyl sites for hydroxylation is 1. The molecule has 3 heterocycles. The molecule has 3 aromatic heterocycles. The van der Waals surface area contributed by atoms with Crippen LogP contribution in [0.2, 0.25) is 0 Å². The molecule has 0 aliphatic heterocycles. The van der Waals surface area contributed by atoms with Gasteiger partial charge in [-0.05, 0) is 12.1 Å². The molecule has 1 N–H and O–H groups in total. The molecule has 4 aromatic rings. The van der Waals surface area contributed by atoms with Gasteiger partial charge in [0.2, 0.25) is 5.95 Å². The predicted octanol–water partition coefficient (Wildman–Crippen LogP) is 1.23. The molecule has 4 rings (SSSR count). The number of aromatic nitrogens is 7. The highest BCUT2D eigenvalue weighted by atomic mass is 19.4. The van der Waals surface area contributed by atoms with Crippen molar-refractivity contribution in [3.63, 3.8) is 0 Å². The molecule has 0 saturated heterocycles. The molecule has 0 radical (unpaired) electrons. The van der Waals surface area contributed by atoms with Gasteiger partial charge in [0.15, 0.2) is 11.2 Å². The summed E-state index contributed by atoms with van der Waals surface area (Å²) in [6, 6.07) is 4.68. The van der Waals surface area contributed by atoms with Crippen LogP contribution in [-0.2, 0) is 20.3 Å². The van der Waals surface area contributed by atoms with Gasteiger partial charge in [0, 0.05) is 19.7 Å². The Labute approximate surface area is 153 Å². The van der Waals surface area contributed by atoms with Gasteiger partial charge in [0.05, 0.1) is 11.8 Å². The first-order valence-corrected chi connectivity index (χ1v) is 7.93. The standard InChI is InChI=1S/C16H12F3N7O2/c1-24-12-11(13(27)25(2)15(24)28)20-14(21-12)26-7-10(22-23-26)8-4-3-5-9(6-8)16(17,18)19/h3-7H,1-2H3,(H,20,21). The Morgan fingerprint density at radius 1 is 1.11 bits per heavy atom. The van der Waals surface area contributed by atoms with Crippen LogP contribution in [0.5, 0.6) is 0 Å². The summed E-state index contributed by atoms with van der Waals surface area (Å²) in [5, 5.41) is 7.72. The van der Waals surface area contributed by atoms with E-state index in [1.165, 1.54) is 41.7 Å². The van der Waals surface area contributed by atoms with Gasteiger partial charge in [-0.1, -0.05) is 17.3 Å². The maximum atomic E-state index is 12.9. The average Bonchev–Trinajstić information content (AvgIpc) is 3.31. The molecule has 0 bridgehead atoms. The van der Waals surface area contributed by atoms with Crippen molar-refractivity contribution >= 4 is 11.2 Å². The summed E-state index contributed by atoms with van der Waals surface area (Å²) in [5.74, 6) is 0.0963. The predicted molar refractivity (Wildman–Crippen MR) is 91.9 cm³/mol. The zero-order valence-corrected chi connectivity index (χ0v) is 14.5. The Bertz CT molecular complexity index is 1330. The van der Waals surface area contributed by atoms with Crippen LogP contribution in [0.4, 0.5) is 13.2 Å². The van der Waals surface area contributed by atoms with Crippen LogP contribution in [0.15, 0.2) is 40.1 Å². The third-order valence-corrected chi connectivity index (χ3v) is 4.28. The van der Waals surface area contributed by atoms with Gasteiger partial charge >= 0.3 is 11.9 Å². The highest BCUT2D eigenvalue weighted by molar-refractivity contribution is 5.71. The highest BCUT2D eigenvalue weighted by Gasteiger charge is 2.30. The molecule has 9 nitrogen and oxygen atoms in total. The Kier molecular flexibility index (Phi) is 3.73. The number of hydrogen-bond acceptors (Lipinski definition) is 5. The third kappa shape index (κ3) is 2.69. The molecular formula is C16H12F3N7O2. The summed E-state index contributed by atoms with van der Waals surface area (Å²) in [6.45, 7) is 0. The van der Waals surface area contributed by atoms with E-state index in [0.29, 0.717) is 0 Å². The van der Waals surface area contributed by atoms with Gasteiger partial charge in [0.1, 0.15) is 5.69 Å². The van der Waals surface area contributed by atoms with Crippen molar-refractivity contribution in [1.82, 2.24) is 34.1 Å². The Morgan fingerprint density at radius 2 is 1.86 bits per heavy atom. The molecule has 28 heavy (non-hydrogen) atoms. The third-order valence-electron chi connectivity index (χ3n) is 4.28. The van der Waals surface area contributed by atoms with Crippen molar-refractivity contribution in [3.8, 4) is 17.2 Å². The number of rotatable bonds is 2. The van der Waals surface area contributed by atoms with E-state index in [1.54, 1.807) is 0 Å². The minimum absolute atomic E-state index is 0.0933. The van der Waals surface area contributed by atoms with E-state index in [0.717, 1.165) is 16.7 Å². The van der Waals surface area contributed by atoms with Gasteiger partial charge in [0.25, 0.3) is 5.56 Å². The van der Waals surface area contributed by atoms with Crippen molar-refractivity contribution in [2.45, 2.75) is 6.18 Å². The first kappa shape index (κ1) is 17.7. The lowest BCUT2D eigenvalue weighted by Gasteiger charge is -2.06. The van der Waals surface area contributed by atoms with Gasteiger partial charge < -0.3 is 4.98 Å². The topological polar surface area (TPSA) is 103 Å². The molecule has 0 unspecified atom stereocenters. The SMILES string of the molecule is Cn1c(=O)c2[nH]c(-n3cc(-c4cccc(C(F)(F)F)c4)nn3)nc2n(C)c1=O. The van der Waals surface area contributed by atoms with Crippen LogP contribution < -0.4 is 11.2 Å². The minimum atomic E-state index is -4.48. The number of aromatic amines is 1. The van der Waals surface area contributed by atoms with Gasteiger partial charge in [-0.25, -0.2) is 4.79 Å². The quantitative estimate of drug-likeness (QED) is 0.554.